The summed E-state index contributed by atoms with van der Waals surface area (Å²) in [6.07, 6.45) is 0. The van der Waals surface area contributed by atoms with Crippen LogP contribution in [0.3, 0.4) is 0 Å². The van der Waals surface area contributed by atoms with Gasteiger partial charge in [0.15, 0.2) is 0 Å². The molecule has 1 aliphatic rings. The number of nitrogens with zero attached hydrogens (tertiary/aromatic N) is 2. The Balaban J connectivity index is 1.79. The first-order chi connectivity index (χ1) is 9.70. The van der Waals surface area contributed by atoms with Crippen LogP contribution in [-0.2, 0) is 0 Å². The molecular formula is C14H21F2N3O. The number of hydrogen-bond donors (Lipinski definition) is 2. The lowest BCUT2D eigenvalue weighted by Gasteiger charge is -2.36. The molecule has 1 saturated heterocycles. The molecule has 0 unspecified atom stereocenters. The van der Waals surface area contributed by atoms with Crippen molar-refractivity contribution in [3.05, 3.63) is 29.8 Å². The van der Waals surface area contributed by atoms with E-state index in [1.54, 1.807) is 0 Å². The minimum Gasteiger partial charge on any atom is -0.395 e. The molecule has 2 rings (SSSR count). The average molecular weight is 285 g/mol. The Bertz CT molecular complexity index is 423. The number of benzene rings is 1. The van der Waals surface area contributed by atoms with Crippen LogP contribution in [0.25, 0.3) is 0 Å². The topological polar surface area (TPSA) is 38.7 Å². The molecule has 0 spiro atoms. The molecule has 1 heterocycles. The van der Waals surface area contributed by atoms with E-state index in [2.05, 4.69) is 10.2 Å². The van der Waals surface area contributed by atoms with Gasteiger partial charge in [0, 0.05) is 51.9 Å². The van der Waals surface area contributed by atoms with Crippen LogP contribution in [-0.4, -0.2) is 62.4 Å². The Morgan fingerprint density at radius 1 is 1.10 bits per heavy atom. The van der Waals surface area contributed by atoms with E-state index >= 15 is 0 Å². The van der Waals surface area contributed by atoms with Gasteiger partial charge in [-0.1, -0.05) is 0 Å². The maximum Gasteiger partial charge on any atom is 0.149 e. The van der Waals surface area contributed by atoms with Crippen molar-refractivity contribution in [2.24, 2.45) is 0 Å². The Hall–Kier alpha value is -1.24. The highest BCUT2D eigenvalue weighted by Gasteiger charge is 2.19. The molecule has 0 aliphatic carbocycles. The number of nitrogens with one attached hydrogen (secondary N) is 1. The van der Waals surface area contributed by atoms with E-state index in [-0.39, 0.29) is 6.61 Å². The van der Waals surface area contributed by atoms with Gasteiger partial charge in [-0.25, -0.2) is 8.78 Å². The largest absolute Gasteiger partial charge is 0.395 e. The van der Waals surface area contributed by atoms with Crippen LogP contribution in [0.15, 0.2) is 18.2 Å². The molecule has 2 N–H and O–H groups in total. The molecule has 1 fully saturated rings. The van der Waals surface area contributed by atoms with Crippen LogP contribution in [0.1, 0.15) is 0 Å². The van der Waals surface area contributed by atoms with Crippen molar-refractivity contribution >= 4 is 5.69 Å². The summed E-state index contributed by atoms with van der Waals surface area (Å²) in [6, 6.07) is 3.73. The Morgan fingerprint density at radius 2 is 1.85 bits per heavy atom. The van der Waals surface area contributed by atoms with Crippen LogP contribution in [0.2, 0.25) is 0 Å². The number of halogens is 2. The molecule has 0 saturated carbocycles. The Morgan fingerprint density at radius 3 is 2.50 bits per heavy atom. The quantitative estimate of drug-likeness (QED) is 0.754. The number of rotatable bonds is 6. The predicted octanol–water partition coefficient (Wildman–Crippen LogP) is 0.669. The van der Waals surface area contributed by atoms with Crippen molar-refractivity contribution in [3.63, 3.8) is 0 Å². The van der Waals surface area contributed by atoms with E-state index in [0.717, 1.165) is 45.3 Å². The molecule has 0 aromatic heterocycles. The summed E-state index contributed by atoms with van der Waals surface area (Å²) in [7, 11) is 0. The summed E-state index contributed by atoms with van der Waals surface area (Å²) in [6.45, 7) is 5.71. The number of hydrogen-bond acceptors (Lipinski definition) is 4. The van der Waals surface area contributed by atoms with Crippen molar-refractivity contribution in [3.8, 4) is 0 Å². The van der Waals surface area contributed by atoms with Crippen LogP contribution in [0.5, 0.6) is 0 Å². The summed E-state index contributed by atoms with van der Waals surface area (Å²) in [5, 5.41) is 11.8. The molecule has 6 heteroatoms. The lowest BCUT2D eigenvalue weighted by Crippen LogP contribution is -2.48. The highest BCUT2D eigenvalue weighted by atomic mass is 19.1. The second-order valence-electron chi connectivity index (χ2n) is 4.90. The van der Waals surface area contributed by atoms with Crippen molar-refractivity contribution in [2.45, 2.75) is 0 Å². The molecule has 0 atom stereocenters. The number of anilines is 1. The molecule has 0 bridgehead atoms. The monoisotopic (exact) mass is 285 g/mol. The molecule has 0 amide bonds. The second-order valence-corrected chi connectivity index (χ2v) is 4.90. The van der Waals surface area contributed by atoms with Crippen LogP contribution >= 0.6 is 0 Å². The van der Waals surface area contributed by atoms with Gasteiger partial charge in [-0.2, -0.15) is 0 Å². The van der Waals surface area contributed by atoms with Crippen LogP contribution in [0.4, 0.5) is 14.5 Å². The predicted molar refractivity (Wildman–Crippen MR) is 75.0 cm³/mol. The standard InChI is InChI=1S/C14H21F2N3O/c15-12-1-2-14(13(16)11-12)19-8-6-18(7-9-19)5-3-17-4-10-20/h1-2,11,17,20H,3-10H2. The fraction of sp³-hybridized carbons (Fsp3) is 0.571. The summed E-state index contributed by atoms with van der Waals surface area (Å²) in [4.78, 5) is 4.24. The minimum absolute atomic E-state index is 0.150. The Kier molecular flexibility index (Phi) is 5.70. The fourth-order valence-corrected chi connectivity index (χ4v) is 2.39. The van der Waals surface area contributed by atoms with E-state index in [1.807, 2.05) is 4.90 Å². The summed E-state index contributed by atoms with van der Waals surface area (Å²) in [5.74, 6) is -1.04. The van der Waals surface area contributed by atoms with Gasteiger partial charge in [-0.15, -0.1) is 0 Å². The summed E-state index contributed by atoms with van der Waals surface area (Å²) in [5.41, 5.74) is 0.476. The molecule has 1 aromatic carbocycles. The zero-order valence-electron chi connectivity index (χ0n) is 11.5. The number of piperazine rings is 1. The van der Waals surface area contributed by atoms with E-state index in [1.165, 1.54) is 12.1 Å². The minimum atomic E-state index is -0.542. The van der Waals surface area contributed by atoms with Gasteiger partial charge in [0.2, 0.25) is 0 Å². The van der Waals surface area contributed by atoms with Crippen molar-refractivity contribution in [2.75, 3.05) is 57.3 Å². The van der Waals surface area contributed by atoms with Crippen molar-refractivity contribution < 1.29 is 13.9 Å². The smallest absolute Gasteiger partial charge is 0.149 e. The van der Waals surface area contributed by atoms with Gasteiger partial charge in [0.05, 0.1) is 12.3 Å². The van der Waals surface area contributed by atoms with Gasteiger partial charge in [-0.3, -0.25) is 4.90 Å². The zero-order valence-corrected chi connectivity index (χ0v) is 11.5. The van der Waals surface area contributed by atoms with Gasteiger partial charge in [0.1, 0.15) is 11.6 Å². The van der Waals surface area contributed by atoms with Gasteiger partial charge in [-0.05, 0) is 12.1 Å². The molecule has 1 aliphatic heterocycles. The number of aliphatic hydroxyl groups excluding tert-OH is 1. The molecule has 0 radical (unpaired) electrons. The van der Waals surface area contributed by atoms with Crippen LogP contribution in [0, 0.1) is 11.6 Å². The highest BCUT2D eigenvalue weighted by Crippen LogP contribution is 2.21. The maximum atomic E-state index is 13.7. The third-order valence-corrected chi connectivity index (χ3v) is 3.52. The first-order valence-corrected chi connectivity index (χ1v) is 6.94. The molecule has 4 nitrogen and oxygen atoms in total. The third-order valence-electron chi connectivity index (χ3n) is 3.52. The van der Waals surface area contributed by atoms with Crippen LogP contribution < -0.4 is 10.2 Å². The second kappa shape index (κ2) is 7.52. The molecule has 20 heavy (non-hydrogen) atoms. The van der Waals surface area contributed by atoms with Gasteiger partial charge < -0.3 is 15.3 Å². The summed E-state index contributed by atoms with van der Waals surface area (Å²) < 4.78 is 26.6. The third kappa shape index (κ3) is 4.13. The first kappa shape index (κ1) is 15.2. The van der Waals surface area contributed by atoms with Crippen molar-refractivity contribution in [1.82, 2.24) is 10.2 Å². The zero-order chi connectivity index (χ0) is 14.4. The normalized spacial score (nSPS) is 16.6. The first-order valence-electron chi connectivity index (χ1n) is 6.94. The lowest BCUT2D eigenvalue weighted by molar-refractivity contribution is 0.248. The molecule has 112 valence electrons. The van der Waals surface area contributed by atoms with Gasteiger partial charge >= 0.3 is 0 Å². The van der Waals surface area contributed by atoms with E-state index in [0.29, 0.717) is 12.2 Å². The fourth-order valence-electron chi connectivity index (χ4n) is 2.39. The SMILES string of the molecule is OCCNCCN1CCN(c2ccc(F)cc2F)CC1. The average Bonchev–Trinajstić information content (AvgIpc) is 2.45. The number of aliphatic hydroxyl groups is 1. The molecule has 1 aromatic rings. The van der Waals surface area contributed by atoms with Gasteiger partial charge in [0.25, 0.3) is 0 Å². The molecular weight excluding hydrogens is 264 g/mol. The summed E-state index contributed by atoms with van der Waals surface area (Å²) >= 11 is 0. The van der Waals surface area contributed by atoms with E-state index in [9.17, 15) is 8.78 Å². The Labute approximate surface area is 118 Å². The maximum absolute atomic E-state index is 13.7. The lowest BCUT2D eigenvalue weighted by atomic mass is 10.2. The van der Waals surface area contributed by atoms with E-state index in [4.69, 9.17) is 5.11 Å². The van der Waals surface area contributed by atoms with E-state index < -0.39 is 11.6 Å². The highest BCUT2D eigenvalue weighted by molar-refractivity contribution is 5.48. The van der Waals surface area contributed by atoms with Crippen molar-refractivity contribution in [1.29, 1.82) is 0 Å².